The van der Waals surface area contributed by atoms with Crippen molar-refractivity contribution in [2.75, 3.05) is 13.1 Å². The lowest BCUT2D eigenvalue weighted by atomic mass is 10.2. The number of hydrogen-bond donors (Lipinski definition) is 1. The number of aryl methyl sites for hydroxylation is 1. The maximum absolute atomic E-state index is 5.41. The molecule has 1 saturated heterocycles. The molecule has 2 rings (SSSR count). The van der Waals surface area contributed by atoms with Gasteiger partial charge in [-0.3, -0.25) is 15.4 Å². The second kappa shape index (κ2) is 7.28. The van der Waals surface area contributed by atoms with Gasteiger partial charge in [0.2, 0.25) is 0 Å². The number of rotatable bonds is 2. The van der Waals surface area contributed by atoms with Gasteiger partial charge in [0.15, 0.2) is 5.11 Å². The van der Waals surface area contributed by atoms with E-state index in [4.69, 9.17) is 12.2 Å². The predicted octanol–water partition coefficient (Wildman–Crippen LogP) is 2.26. The van der Waals surface area contributed by atoms with Gasteiger partial charge in [0.05, 0.1) is 11.4 Å². The monoisotopic (exact) mass is 291 g/mol. The van der Waals surface area contributed by atoms with E-state index in [1.54, 1.807) is 12.4 Å². The van der Waals surface area contributed by atoms with Gasteiger partial charge in [0.25, 0.3) is 0 Å². The van der Waals surface area contributed by atoms with Crippen molar-refractivity contribution in [2.45, 2.75) is 39.5 Å². The average Bonchev–Trinajstić information content (AvgIpc) is 2.74. The van der Waals surface area contributed by atoms with Crippen LogP contribution in [0.4, 0.5) is 0 Å². The highest BCUT2D eigenvalue weighted by atomic mass is 32.1. The molecule has 108 valence electrons. The first-order chi connectivity index (χ1) is 9.68. The Bertz CT molecular complexity index is 492. The molecule has 6 heteroatoms. The van der Waals surface area contributed by atoms with E-state index in [-0.39, 0.29) is 0 Å². The molecule has 20 heavy (non-hydrogen) atoms. The standard InChI is InChI=1S/C14H21N5S/c1-11-13(16-8-7-15-11)12(2)17-18-14(20)19-9-5-3-4-6-10-19/h7-8H,3-6,9-10H2,1-2H3,(H,18,20)/b17-12+. The summed E-state index contributed by atoms with van der Waals surface area (Å²) in [4.78, 5) is 10.7. The Morgan fingerprint density at radius 2 is 1.85 bits per heavy atom. The molecule has 1 aromatic heterocycles. The average molecular weight is 291 g/mol. The zero-order chi connectivity index (χ0) is 14.4. The number of nitrogens with zero attached hydrogens (tertiary/aromatic N) is 4. The Kier molecular flexibility index (Phi) is 5.40. The van der Waals surface area contributed by atoms with Crippen molar-refractivity contribution >= 4 is 23.0 Å². The van der Waals surface area contributed by atoms with Crippen molar-refractivity contribution in [3.8, 4) is 0 Å². The third-order valence-electron chi connectivity index (χ3n) is 3.44. The fourth-order valence-corrected chi connectivity index (χ4v) is 2.52. The largest absolute Gasteiger partial charge is 0.348 e. The lowest BCUT2D eigenvalue weighted by Crippen LogP contribution is -2.38. The first-order valence-electron chi connectivity index (χ1n) is 7.05. The second-order valence-electron chi connectivity index (χ2n) is 5.01. The van der Waals surface area contributed by atoms with E-state index in [0.29, 0.717) is 5.11 Å². The highest BCUT2D eigenvalue weighted by Crippen LogP contribution is 2.09. The van der Waals surface area contributed by atoms with Crippen LogP contribution in [-0.4, -0.2) is 38.8 Å². The smallest absolute Gasteiger partial charge is 0.189 e. The van der Waals surface area contributed by atoms with Crippen molar-refractivity contribution < 1.29 is 0 Å². The van der Waals surface area contributed by atoms with Crippen LogP contribution >= 0.6 is 12.2 Å². The summed E-state index contributed by atoms with van der Waals surface area (Å²) < 4.78 is 0. The van der Waals surface area contributed by atoms with E-state index in [1.165, 1.54) is 25.7 Å². The maximum Gasteiger partial charge on any atom is 0.189 e. The number of aromatic nitrogens is 2. The van der Waals surface area contributed by atoms with E-state index < -0.39 is 0 Å². The van der Waals surface area contributed by atoms with Crippen LogP contribution in [0.3, 0.4) is 0 Å². The SMILES string of the molecule is C/C(=N\NC(=S)N1CCCCCC1)c1nccnc1C. The van der Waals surface area contributed by atoms with Crippen molar-refractivity contribution in [1.29, 1.82) is 0 Å². The van der Waals surface area contributed by atoms with Gasteiger partial charge in [-0.2, -0.15) is 5.10 Å². The molecule has 0 spiro atoms. The molecule has 0 saturated carbocycles. The normalized spacial score (nSPS) is 16.7. The Morgan fingerprint density at radius 1 is 1.20 bits per heavy atom. The quantitative estimate of drug-likeness (QED) is 0.514. The van der Waals surface area contributed by atoms with Gasteiger partial charge in [-0.25, -0.2) is 0 Å². The predicted molar refractivity (Wildman–Crippen MR) is 84.8 cm³/mol. The zero-order valence-electron chi connectivity index (χ0n) is 12.1. The van der Waals surface area contributed by atoms with E-state index in [9.17, 15) is 0 Å². The molecule has 0 aromatic carbocycles. The summed E-state index contributed by atoms with van der Waals surface area (Å²) in [7, 11) is 0. The van der Waals surface area contributed by atoms with Gasteiger partial charge >= 0.3 is 0 Å². The van der Waals surface area contributed by atoms with Crippen LogP contribution in [0, 0.1) is 6.92 Å². The topological polar surface area (TPSA) is 53.4 Å². The molecule has 0 atom stereocenters. The van der Waals surface area contributed by atoms with Crippen LogP contribution in [0.2, 0.25) is 0 Å². The van der Waals surface area contributed by atoms with Crippen LogP contribution in [0.15, 0.2) is 17.5 Å². The molecule has 5 nitrogen and oxygen atoms in total. The summed E-state index contributed by atoms with van der Waals surface area (Å²) in [6.07, 6.45) is 8.35. The molecular formula is C14H21N5S. The third-order valence-corrected chi connectivity index (χ3v) is 3.79. The molecule has 0 bridgehead atoms. The van der Waals surface area contributed by atoms with Crippen LogP contribution in [0.5, 0.6) is 0 Å². The molecule has 0 radical (unpaired) electrons. The van der Waals surface area contributed by atoms with Crippen molar-refractivity contribution in [1.82, 2.24) is 20.3 Å². The van der Waals surface area contributed by atoms with Gasteiger partial charge < -0.3 is 4.90 Å². The molecule has 0 amide bonds. The van der Waals surface area contributed by atoms with Crippen LogP contribution in [0.25, 0.3) is 0 Å². The highest BCUT2D eigenvalue weighted by Gasteiger charge is 2.12. The number of nitrogens with one attached hydrogen (secondary N) is 1. The number of thiocarbonyl (C=S) groups is 1. The lowest BCUT2D eigenvalue weighted by molar-refractivity contribution is 0.428. The molecule has 1 aliphatic heterocycles. The number of hydrogen-bond acceptors (Lipinski definition) is 4. The summed E-state index contributed by atoms with van der Waals surface area (Å²) in [6.45, 7) is 5.87. The van der Waals surface area contributed by atoms with Crippen LogP contribution in [-0.2, 0) is 0 Å². The van der Waals surface area contributed by atoms with Crippen LogP contribution < -0.4 is 5.43 Å². The van der Waals surface area contributed by atoms with Crippen molar-refractivity contribution in [3.63, 3.8) is 0 Å². The van der Waals surface area contributed by atoms with Gasteiger partial charge in [-0.15, -0.1) is 0 Å². The summed E-state index contributed by atoms with van der Waals surface area (Å²) >= 11 is 5.41. The second-order valence-corrected chi connectivity index (χ2v) is 5.39. The van der Waals surface area contributed by atoms with Crippen molar-refractivity contribution in [2.24, 2.45) is 5.10 Å². The molecule has 1 aliphatic rings. The maximum atomic E-state index is 5.41. The Hall–Kier alpha value is -1.56. The summed E-state index contributed by atoms with van der Waals surface area (Å²) in [5.41, 5.74) is 5.46. The van der Waals surface area contributed by atoms with Gasteiger partial charge in [-0.1, -0.05) is 12.8 Å². The molecule has 1 aromatic rings. The van der Waals surface area contributed by atoms with Gasteiger partial charge in [0, 0.05) is 25.5 Å². The zero-order valence-corrected chi connectivity index (χ0v) is 12.9. The highest BCUT2D eigenvalue weighted by molar-refractivity contribution is 7.80. The van der Waals surface area contributed by atoms with E-state index in [1.807, 2.05) is 13.8 Å². The molecule has 0 unspecified atom stereocenters. The van der Waals surface area contributed by atoms with Gasteiger partial charge in [-0.05, 0) is 38.9 Å². The fourth-order valence-electron chi connectivity index (χ4n) is 2.29. The Balaban J connectivity index is 1.97. The minimum atomic E-state index is 0.702. The third kappa shape index (κ3) is 3.96. The van der Waals surface area contributed by atoms with Gasteiger partial charge in [0.1, 0.15) is 5.69 Å². The first kappa shape index (κ1) is 14.8. The first-order valence-corrected chi connectivity index (χ1v) is 7.46. The summed E-state index contributed by atoms with van der Waals surface area (Å²) in [5.74, 6) is 0. The molecule has 1 N–H and O–H groups in total. The molecule has 2 heterocycles. The van der Waals surface area contributed by atoms with E-state index in [2.05, 4.69) is 25.4 Å². The number of likely N-dealkylation sites (tertiary alicyclic amines) is 1. The number of hydrazone groups is 1. The fraction of sp³-hybridized carbons (Fsp3) is 0.571. The minimum absolute atomic E-state index is 0.702. The van der Waals surface area contributed by atoms with Crippen LogP contribution in [0.1, 0.15) is 44.0 Å². The van der Waals surface area contributed by atoms with E-state index in [0.717, 1.165) is 30.2 Å². The molecular weight excluding hydrogens is 270 g/mol. The molecule has 0 aliphatic carbocycles. The Morgan fingerprint density at radius 3 is 2.50 bits per heavy atom. The van der Waals surface area contributed by atoms with Crippen molar-refractivity contribution in [3.05, 3.63) is 23.8 Å². The Labute approximate surface area is 125 Å². The summed E-state index contributed by atoms with van der Waals surface area (Å²) in [6, 6.07) is 0. The lowest BCUT2D eigenvalue weighted by Gasteiger charge is -2.22. The summed E-state index contributed by atoms with van der Waals surface area (Å²) in [5, 5.41) is 5.04. The molecule has 1 fully saturated rings. The minimum Gasteiger partial charge on any atom is -0.348 e. The van der Waals surface area contributed by atoms with E-state index >= 15 is 0 Å².